The van der Waals surface area contributed by atoms with Crippen molar-refractivity contribution >= 4 is 21.6 Å². The second-order valence-corrected chi connectivity index (χ2v) is 8.97. The van der Waals surface area contributed by atoms with Crippen molar-refractivity contribution in [3.05, 3.63) is 58.2 Å². The number of aryl methyl sites for hydroxylation is 2. The van der Waals surface area contributed by atoms with Crippen molar-refractivity contribution in [2.45, 2.75) is 51.1 Å². The molecule has 1 fully saturated rings. The summed E-state index contributed by atoms with van der Waals surface area (Å²) >= 11 is 1.82. The van der Waals surface area contributed by atoms with Crippen LogP contribution in [-0.2, 0) is 19.4 Å². The predicted molar refractivity (Wildman–Crippen MR) is 110 cm³/mol. The molecule has 2 aromatic heterocycles. The summed E-state index contributed by atoms with van der Waals surface area (Å²) in [6.07, 6.45) is 8.98. The molecule has 4 nitrogen and oxygen atoms in total. The first kappa shape index (κ1) is 17.1. The van der Waals surface area contributed by atoms with Gasteiger partial charge in [-0.2, -0.15) is 0 Å². The molecule has 0 saturated carbocycles. The number of aromatic nitrogens is 2. The molecule has 1 aliphatic carbocycles. The van der Waals surface area contributed by atoms with Crippen molar-refractivity contribution in [2.24, 2.45) is 0 Å². The second kappa shape index (κ2) is 7.21. The molecule has 0 bridgehead atoms. The van der Waals surface area contributed by atoms with E-state index in [0.717, 1.165) is 49.1 Å². The number of rotatable bonds is 3. The highest BCUT2D eigenvalue weighted by Crippen LogP contribution is 2.34. The summed E-state index contributed by atoms with van der Waals surface area (Å²) in [4.78, 5) is 9.85. The number of nitrogens with zero attached hydrogens (tertiary/aromatic N) is 3. The van der Waals surface area contributed by atoms with E-state index in [1.807, 2.05) is 17.7 Å². The van der Waals surface area contributed by atoms with Crippen molar-refractivity contribution in [3.8, 4) is 0 Å². The van der Waals surface area contributed by atoms with E-state index in [1.54, 1.807) is 0 Å². The molecule has 1 aliphatic heterocycles. The molecule has 2 aliphatic rings. The Morgan fingerprint density at radius 1 is 1.07 bits per heavy atom. The SMILES string of the molecule is N=c1c2c3c(sc2ncn1C1CCN(Cc2ccccc2)CC1)CCCC3. The number of likely N-dealkylation sites (tertiary alicyclic amines) is 1. The lowest BCUT2D eigenvalue weighted by atomic mass is 9.97. The number of hydrogen-bond acceptors (Lipinski definition) is 4. The first-order chi connectivity index (χ1) is 13.3. The quantitative estimate of drug-likeness (QED) is 0.739. The Balaban J connectivity index is 1.36. The fourth-order valence-corrected chi connectivity index (χ4v) is 5.89. The molecule has 1 saturated heterocycles. The van der Waals surface area contributed by atoms with Crippen molar-refractivity contribution in [1.82, 2.24) is 14.5 Å². The van der Waals surface area contributed by atoms with Crippen LogP contribution >= 0.6 is 11.3 Å². The maximum Gasteiger partial charge on any atom is 0.136 e. The minimum Gasteiger partial charge on any atom is -0.314 e. The van der Waals surface area contributed by atoms with Gasteiger partial charge < -0.3 is 4.57 Å². The topological polar surface area (TPSA) is 44.9 Å². The van der Waals surface area contributed by atoms with E-state index in [0.29, 0.717) is 11.5 Å². The van der Waals surface area contributed by atoms with Gasteiger partial charge in [-0.3, -0.25) is 10.3 Å². The number of piperidine rings is 1. The van der Waals surface area contributed by atoms with Crippen LogP contribution in [-0.4, -0.2) is 27.5 Å². The smallest absolute Gasteiger partial charge is 0.136 e. The molecular weight excluding hydrogens is 352 g/mol. The highest BCUT2D eigenvalue weighted by molar-refractivity contribution is 7.18. The van der Waals surface area contributed by atoms with Crippen molar-refractivity contribution in [1.29, 1.82) is 5.41 Å². The van der Waals surface area contributed by atoms with Crippen LogP contribution in [0.1, 0.15) is 47.7 Å². The molecule has 3 aromatic rings. The van der Waals surface area contributed by atoms with Gasteiger partial charge in [0, 0.05) is 30.6 Å². The van der Waals surface area contributed by atoms with E-state index < -0.39 is 0 Å². The molecular formula is C22H26N4S. The third-order valence-electron chi connectivity index (χ3n) is 6.15. The molecule has 0 amide bonds. The van der Waals surface area contributed by atoms with Gasteiger partial charge in [-0.05, 0) is 49.7 Å². The number of thiophene rings is 1. The second-order valence-electron chi connectivity index (χ2n) is 7.88. The summed E-state index contributed by atoms with van der Waals surface area (Å²) in [5, 5.41) is 10.0. The molecule has 140 valence electrons. The van der Waals surface area contributed by atoms with E-state index >= 15 is 0 Å². The summed E-state index contributed by atoms with van der Waals surface area (Å²) in [5.41, 5.74) is 3.51. The normalized spacial score (nSPS) is 18.7. The third kappa shape index (κ3) is 3.23. The molecule has 5 rings (SSSR count). The van der Waals surface area contributed by atoms with Crippen molar-refractivity contribution in [3.63, 3.8) is 0 Å². The van der Waals surface area contributed by atoms with E-state index in [4.69, 9.17) is 10.4 Å². The van der Waals surface area contributed by atoms with Crippen LogP contribution < -0.4 is 5.49 Å². The van der Waals surface area contributed by atoms with E-state index in [-0.39, 0.29) is 0 Å². The Labute approximate surface area is 164 Å². The van der Waals surface area contributed by atoms with E-state index in [9.17, 15) is 0 Å². The summed E-state index contributed by atoms with van der Waals surface area (Å²) in [5.74, 6) is 0. The highest BCUT2D eigenvalue weighted by Gasteiger charge is 2.24. The monoisotopic (exact) mass is 378 g/mol. The average molecular weight is 379 g/mol. The van der Waals surface area contributed by atoms with Gasteiger partial charge in [0.2, 0.25) is 0 Å². The van der Waals surface area contributed by atoms with Crippen LogP contribution in [0.25, 0.3) is 10.2 Å². The van der Waals surface area contributed by atoms with Gasteiger partial charge >= 0.3 is 0 Å². The first-order valence-electron chi connectivity index (χ1n) is 10.1. The van der Waals surface area contributed by atoms with Crippen LogP contribution in [0.3, 0.4) is 0 Å². The maximum atomic E-state index is 8.88. The lowest BCUT2D eigenvalue weighted by Gasteiger charge is -2.33. The fraction of sp³-hybridized carbons (Fsp3) is 0.455. The van der Waals surface area contributed by atoms with Gasteiger partial charge in [0.15, 0.2) is 0 Å². The van der Waals surface area contributed by atoms with E-state index in [1.165, 1.54) is 35.3 Å². The Bertz CT molecular complexity index is 996. The summed E-state index contributed by atoms with van der Waals surface area (Å²) in [7, 11) is 0. The molecule has 0 unspecified atom stereocenters. The van der Waals surface area contributed by atoms with Gasteiger partial charge in [-0.15, -0.1) is 11.3 Å². The third-order valence-corrected chi connectivity index (χ3v) is 7.35. The van der Waals surface area contributed by atoms with Gasteiger partial charge in [0.1, 0.15) is 10.3 Å². The van der Waals surface area contributed by atoms with Crippen LogP contribution in [0.5, 0.6) is 0 Å². The molecule has 0 spiro atoms. The van der Waals surface area contributed by atoms with Crippen LogP contribution in [0.4, 0.5) is 0 Å². The molecule has 27 heavy (non-hydrogen) atoms. The Morgan fingerprint density at radius 2 is 1.85 bits per heavy atom. The van der Waals surface area contributed by atoms with Crippen LogP contribution in [0.15, 0.2) is 36.7 Å². The highest BCUT2D eigenvalue weighted by atomic mass is 32.1. The maximum absolute atomic E-state index is 8.88. The van der Waals surface area contributed by atoms with Crippen LogP contribution in [0.2, 0.25) is 0 Å². The standard InChI is InChI=1S/C22H26N4S/c23-21-20-18-8-4-5-9-19(18)27-22(20)24-15-26(21)17-10-12-25(13-11-17)14-16-6-2-1-3-7-16/h1-3,6-7,15,17,23H,4-5,8-14H2. The minimum atomic E-state index is 0.403. The number of fused-ring (bicyclic) bond motifs is 3. The minimum absolute atomic E-state index is 0.403. The lowest BCUT2D eigenvalue weighted by Crippen LogP contribution is -2.37. The van der Waals surface area contributed by atoms with Crippen molar-refractivity contribution < 1.29 is 0 Å². The Kier molecular flexibility index (Phi) is 4.58. The summed E-state index contributed by atoms with van der Waals surface area (Å²) in [6.45, 7) is 3.21. The Morgan fingerprint density at radius 3 is 2.67 bits per heavy atom. The lowest BCUT2D eigenvalue weighted by molar-refractivity contribution is 0.177. The molecule has 5 heteroatoms. The molecule has 1 N–H and O–H groups in total. The summed E-state index contributed by atoms with van der Waals surface area (Å²) in [6, 6.07) is 11.1. The largest absolute Gasteiger partial charge is 0.314 e. The molecule has 3 heterocycles. The first-order valence-corrected chi connectivity index (χ1v) is 10.9. The molecule has 1 aromatic carbocycles. The molecule has 0 radical (unpaired) electrons. The predicted octanol–water partition coefficient (Wildman–Crippen LogP) is 4.29. The number of hydrogen-bond donors (Lipinski definition) is 1. The Hall–Kier alpha value is -1.98. The van der Waals surface area contributed by atoms with Crippen LogP contribution in [0, 0.1) is 5.41 Å². The molecule has 0 atom stereocenters. The zero-order chi connectivity index (χ0) is 18.2. The van der Waals surface area contributed by atoms with E-state index in [2.05, 4.69) is 39.8 Å². The number of benzene rings is 1. The van der Waals surface area contributed by atoms with Gasteiger partial charge in [-0.1, -0.05) is 30.3 Å². The number of nitrogens with one attached hydrogen (secondary N) is 1. The van der Waals surface area contributed by atoms with Crippen molar-refractivity contribution in [2.75, 3.05) is 13.1 Å². The van der Waals surface area contributed by atoms with Gasteiger partial charge in [0.05, 0.1) is 11.7 Å². The summed E-state index contributed by atoms with van der Waals surface area (Å²) < 4.78 is 2.16. The zero-order valence-electron chi connectivity index (χ0n) is 15.7. The zero-order valence-corrected chi connectivity index (χ0v) is 16.5. The van der Waals surface area contributed by atoms with Gasteiger partial charge in [-0.25, -0.2) is 4.98 Å². The average Bonchev–Trinajstić information content (AvgIpc) is 3.09. The fourth-order valence-electron chi connectivity index (χ4n) is 4.66. The van der Waals surface area contributed by atoms with Gasteiger partial charge in [0.25, 0.3) is 0 Å².